The summed E-state index contributed by atoms with van der Waals surface area (Å²) in [6.07, 6.45) is -2.19. The van der Waals surface area contributed by atoms with Crippen LogP contribution in [0.2, 0.25) is 65.5 Å². The second kappa shape index (κ2) is 23.2. The van der Waals surface area contributed by atoms with Gasteiger partial charge in [0.05, 0.1) is 38.9 Å². The van der Waals surface area contributed by atoms with Crippen LogP contribution in [0, 0.1) is 0 Å². The molecule has 22 heteroatoms. The van der Waals surface area contributed by atoms with E-state index in [0.717, 1.165) is 0 Å². The predicted molar refractivity (Wildman–Crippen MR) is 189 cm³/mol. The number of nitrogens with one attached hydrogen (secondary N) is 2. The summed E-state index contributed by atoms with van der Waals surface area (Å²) in [5, 5.41) is 25.2. The van der Waals surface area contributed by atoms with E-state index in [4.69, 9.17) is 35.4 Å². The highest BCUT2D eigenvalue weighted by Gasteiger charge is 2.45. The van der Waals surface area contributed by atoms with Crippen molar-refractivity contribution in [3.63, 3.8) is 0 Å². The van der Waals surface area contributed by atoms with Crippen LogP contribution in [-0.4, -0.2) is 158 Å². The SMILES string of the molecule is CCOCNCC(O)COC[Si](O)(O)O[Si](C)(C)O[Si](C)(C)C.CCOCNCC(O)COC[Si](O)(O)O[Si](C)(C)O[Si](C)(C)C. The fraction of sp³-hybridized carbons (Fsp3) is 1.00. The van der Waals surface area contributed by atoms with Crippen molar-refractivity contribution in [1.82, 2.24) is 10.6 Å². The molecule has 0 saturated carbocycles. The monoisotopic (exact) mass is 774 g/mol. The van der Waals surface area contributed by atoms with E-state index in [1.165, 1.54) is 0 Å². The number of aliphatic hydroxyl groups excluding tert-OH is 2. The Bertz CT molecular complexity index is 715. The van der Waals surface area contributed by atoms with Gasteiger partial charge in [0, 0.05) is 26.3 Å². The van der Waals surface area contributed by atoms with E-state index in [1.54, 1.807) is 26.2 Å². The van der Waals surface area contributed by atoms with Gasteiger partial charge in [-0.05, 0) is 79.3 Å². The van der Waals surface area contributed by atoms with Gasteiger partial charge in [0.2, 0.25) is 0 Å². The largest absolute Gasteiger partial charge is 0.513 e. The van der Waals surface area contributed by atoms with Gasteiger partial charge in [-0.3, -0.25) is 10.6 Å². The van der Waals surface area contributed by atoms with Crippen molar-refractivity contribution in [3.8, 4) is 0 Å². The lowest BCUT2D eigenvalue weighted by Crippen LogP contribution is -2.57. The molecule has 0 amide bonds. The molecule has 2 unspecified atom stereocenters. The van der Waals surface area contributed by atoms with Crippen molar-refractivity contribution >= 4 is 51.4 Å². The van der Waals surface area contributed by atoms with E-state index in [9.17, 15) is 29.4 Å². The molecule has 46 heavy (non-hydrogen) atoms. The highest BCUT2D eigenvalue weighted by Crippen LogP contribution is 2.19. The fourth-order valence-electron chi connectivity index (χ4n) is 3.94. The van der Waals surface area contributed by atoms with E-state index < -0.39 is 63.6 Å². The first-order valence-electron chi connectivity index (χ1n) is 15.5. The summed E-state index contributed by atoms with van der Waals surface area (Å²) < 4.78 is 43.2. The fourth-order valence-corrected chi connectivity index (χ4v) is 24.4. The van der Waals surface area contributed by atoms with Crippen LogP contribution < -0.4 is 10.6 Å². The lowest BCUT2D eigenvalue weighted by Gasteiger charge is -2.34. The van der Waals surface area contributed by atoms with Crippen molar-refractivity contribution in [1.29, 1.82) is 0 Å². The Hall–Kier alpha value is 0.661. The zero-order chi connectivity index (χ0) is 36.3. The molecule has 280 valence electrons. The predicted octanol–water partition coefficient (Wildman–Crippen LogP) is -0.0398. The Kier molecular flexibility index (Phi) is 24.6. The second-order valence-electron chi connectivity index (χ2n) is 13.4. The molecule has 0 saturated heterocycles. The third-order valence-electron chi connectivity index (χ3n) is 4.70. The summed E-state index contributed by atoms with van der Waals surface area (Å²) >= 11 is 0. The van der Waals surface area contributed by atoms with Crippen LogP contribution in [0.3, 0.4) is 0 Å². The lowest BCUT2D eigenvalue weighted by molar-refractivity contribution is 0.0281. The molecule has 0 fully saturated rings. The van der Waals surface area contributed by atoms with E-state index in [2.05, 4.69) is 10.6 Å². The molecule has 0 radical (unpaired) electrons. The summed E-state index contributed by atoms with van der Waals surface area (Å²) in [6.45, 7) is 25.5. The van der Waals surface area contributed by atoms with Crippen molar-refractivity contribution in [2.24, 2.45) is 0 Å². The third kappa shape index (κ3) is 33.2. The molecule has 0 aromatic heterocycles. The first kappa shape index (κ1) is 48.8. The maximum Gasteiger partial charge on any atom is 0.513 e. The van der Waals surface area contributed by atoms with Crippen molar-refractivity contribution in [2.45, 2.75) is 91.5 Å². The summed E-state index contributed by atoms with van der Waals surface area (Å²) in [5.74, 6) is 0. The molecule has 0 aromatic carbocycles. The van der Waals surface area contributed by atoms with Gasteiger partial charge in [-0.1, -0.05) is 0 Å². The van der Waals surface area contributed by atoms with Gasteiger partial charge >= 0.3 is 34.7 Å². The molecule has 0 spiro atoms. The maximum atomic E-state index is 10.0. The first-order valence-corrected chi connectivity index (χ1v) is 32.0. The summed E-state index contributed by atoms with van der Waals surface area (Å²) in [6, 6.07) is 0. The van der Waals surface area contributed by atoms with Crippen LogP contribution in [0.4, 0.5) is 0 Å². The molecule has 0 bridgehead atoms. The molecule has 0 rings (SSSR count). The normalized spacial score (nSPS) is 15.0. The van der Waals surface area contributed by atoms with Crippen LogP contribution in [0.5, 0.6) is 0 Å². The third-order valence-corrected chi connectivity index (χ3v) is 21.2. The number of rotatable bonds is 26. The molecule has 0 aliphatic carbocycles. The van der Waals surface area contributed by atoms with Crippen LogP contribution >= 0.6 is 0 Å². The molecule has 0 aromatic rings. The highest BCUT2D eigenvalue weighted by molar-refractivity contribution is 6.85. The van der Waals surface area contributed by atoms with Gasteiger partial charge < -0.3 is 64.8 Å². The summed E-state index contributed by atoms with van der Waals surface area (Å²) in [5.41, 5.74) is 0. The average molecular weight is 775 g/mol. The number of ether oxygens (including phenoxy) is 4. The molecule has 0 aliphatic heterocycles. The maximum absolute atomic E-state index is 10.0. The van der Waals surface area contributed by atoms with Gasteiger partial charge in [0.25, 0.3) is 0 Å². The molecule has 8 N–H and O–H groups in total. The standard InChI is InChI=1S/2C12H33NO7Si3/c2*1-7-17-10-13-8-12(14)9-18-11-23(15,16)20-22(5,6)19-21(2,3)4/h2*12-16H,7-11H2,1-6H3. The Morgan fingerprint density at radius 2 is 0.804 bits per heavy atom. The van der Waals surface area contributed by atoms with Crippen LogP contribution in [0.1, 0.15) is 13.8 Å². The van der Waals surface area contributed by atoms with E-state index in [1.807, 2.05) is 53.1 Å². The van der Waals surface area contributed by atoms with Gasteiger partial charge in [-0.25, -0.2) is 0 Å². The Morgan fingerprint density at radius 3 is 1.07 bits per heavy atom. The van der Waals surface area contributed by atoms with Gasteiger partial charge in [0.1, 0.15) is 12.5 Å². The quantitative estimate of drug-likeness (QED) is 0.0329. The van der Waals surface area contributed by atoms with E-state index >= 15 is 0 Å². The topological polar surface area (TPSA) is 219 Å². The zero-order valence-electron chi connectivity index (χ0n) is 30.2. The van der Waals surface area contributed by atoms with Crippen molar-refractivity contribution in [2.75, 3.05) is 65.4 Å². The molecule has 0 heterocycles. The molecular weight excluding hydrogens is 709 g/mol. The Labute approximate surface area is 283 Å². The smallest absolute Gasteiger partial charge is 0.437 e. The van der Waals surface area contributed by atoms with Gasteiger partial charge in [0.15, 0.2) is 16.6 Å². The van der Waals surface area contributed by atoms with Gasteiger partial charge in [-0.2, -0.15) is 0 Å². The average Bonchev–Trinajstić information content (AvgIpc) is 2.80. The van der Waals surface area contributed by atoms with Crippen LogP contribution in [0.25, 0.3) is 0 Å². The zero-order valence-corrected chi connectivity index (χ0v) is 36.2. The minimum atomic E-state index is -3.97. The minimum Gasteiger partial charge on any atom is -0.437 e. The summed E-state index contributed by atoms with van der Waals surface area (Å²) in [4.78, 5) is 40.0. The lowest BCUT2D eigenvalue weighted by atomic mass is 10.4. The molecule has 2 atom stereocenters. The molecular formula is C24H66N2O14Si6. The Balaban J connectivity index is 0. The van der Waals surface area contributed by atoms with E-state index in [-0.39, 0.29) is 25.7 Å². The highest BCUT2D eigenvalue weighted by atomic mass is 28.5. The summed E-state index contributed by atoms with van der Waals surface area (Å²) in [7, 11) is -16.9. The van der Waals surface area contributed by atoms with Gasteiger partial charge in [-0.15, -0.1) is 0 Å². The molecule has 16 nitrogen and oxygen atoms in total. The number of hydrogen-bond acceptors (Lipinski definition) is 16. The number of hydrogen-bond donors (Lipinski definition) is 8. The Morgan fingerprint density at radius 1 is 0.500 bits per heavy atom. The van der Waals surface area contributed by atoms with Crippen LogP contribution in [0.15, 0.2) is 0 Å². The van der Waals surface area contributed by atoms with Crippen molar-refractivity contribution < 1.29 is 64.8 Å². The second-order valence-corrected chi connectivity index (χ2v) is 34.3. The van der Waals surface area contributed by atoms with Crippen molar-refractivity contribution in [3.05, 3.63) is 0 Å². The minimum absolute atomic E-state index is 0.0186. The van der Waals surface area contributed by atoms with Crippen LogP contribution in [-0.2, 0) is 35.4 Å². The first-order chi connectivity index (χ1) is 20.7. The molecule has 0 aliphatic rings. The number of aliphatic hydroxyl groups is 2. The van der Waals surface area contributed by atoms with E-state index in [0.29, 0.717) is 39.8 Å².